The molecule has 1 aromatic carbocycles. The highest BCUT2D eigenvalue weighted by Gasteiger charge is 2.18. The van der Waals surface area contributed by atoms with E-state index < -0.39 is 11.7 Å². The van der Waals surface area contributed by atoms with Crippen LogP contribution < -0.4 is 5.32 Å². The molecule has 19 heavy (non-hydrogen) atoms. The first kappa shape index (κ1) is 13.5. The van der Waals surface area contributed by atoms with Crippen LogP contribution in [0.25, 0.3) is 10.8 Å². The van der Waals surface area contributed by atoms with E-state index in [0.29, 0.717) is 16.4 Å². The predicted octanol–water partition coefficient (Wildman–Crippen LogP) is 3.63. The van der Waals surface area contributed by atoms with Crippen molar-refractivity contribution in [3.05, 3.63) is 29.4 Å². The quantitative estimate of drug-likeness (QED) is 0.866. The van der Waals surface area contributed by atoms with Gasteiger partial charge in [-0.2, -0.15) is 0 Å². The molecule has 6 heteroatoms. The number of hydrogen-bond donors (Lipinski definition) is 1. The summed E-state index contributed by atoms with van der Waals surface area (Å²) in [6.07, 6.45) is -0.575. The van der Waals surface area contributed by atoms with Crippen LogP contribution in [0.4, 0.5) is 10.6 Å². The molecule has 1 amide bonds. The number of nitrogens with zero attached hydrogens (tertiary/aromatic N) is 2. The van der Waals surface area contributed by atoms with Gasteiger partial charge in [-0.25, -0.2) is 4.79 Å². The Kier molecular flexibility index (Phi) is 3.57. The van der Waals surface area contributed by atoms with E-state index in [-0.39, 0.29) is 0 Å². The number of carbonyl (C=O) groups is 1. The van der Waals surface area contributed by atoms with E-state index in [4.69, 9.17) is 16.3 Å². The summed E-state index contributed by atoms with van der Waals surface area (Å²) in [6.45, 7) is 5.37. The first-order valence-electron chi connectivity index (χ1n) is 5.78. The summed E-state index contributed by atoms with van der Waals surface area (Å²) >= 11 is 5.95. The zero-order valence-corrected chi connectivity index (χ0v) is 11.7. The van der Waals surface area contributed by atoms with Crippen LogP contribution in [0.15, 0.2) is 24.3 Å². The first-order chi connectivity index (χ1) is 8.87. The predicted molar refractivity (Wildman–Crippen MR) is 74.4 cm³/mol. The average Bonchev–Trinajstić information content (AvgIpc) is 2.31. The Morgan fingerprint density at radius 3 is 2.47 bits per heavy atom. The molecule has 100 valence electrons. The van der Waals surface area contributed by atoms with Crippen LogP contribution >= 0.6 is 11.6 Å². The zero-order valence-electron chi connectivity index (χ0n) is 10.9. The van der Waals surface area contributed by atoms with Crippen LogP contribution in [0, 0.1) is 0 Å². The van der Waals surface area contributed by atoms with E-state index in [1.54, 1.807) is 20.8 Å². The molecule has 1 aromatic heterocycles. The third-order valence-electron chi connectivity index (χ3n) is 2.26. The minimum absolute atomic E-state index is 0.297. The molecule has 1 heterocycles. The summed E-state index contributed by atoms with van der Waals surface area (Å²) in [6, 6.07) is 7.29. The molecule has 0 radical (unpaired) electrons. The van der Waals surface area contributed by atoms with Crippen molar-refractivity contribution in [2.24, 2.45) is 0 Å². The molecule has 0 spiro atoms. The highest BCUT2D eigenvalue weighted by atomic mass is 35.5. The number of aromatic nitrogens is 2. The molecule has 1 N–H and O–H groups in total. The second-order valence-electron chi connectivity index (χ2n) is 5.01. The maximum Gasteiger partial charge on any atom is 0.413 e. The van der Waals surface area contributed by atoms with Gasteiger partial charge in [-0.05, 0) is 20.8 Å². The first-order valence-corrected chi connectivity index (χ1v) is 6.15. The van der Waals surface area contributed by atoms with Gasteiger partial charge in [0.15, 0.2) is 11.0 Å². The fourth-order valence-electron chi connectivity index (χ4n) is 1.56. The van der Waals surface area contributed by atoms with Gasteiger partial charge in [0.05, 0.1) is 0 Å². The monoisotopic (exact) mass is 279 g/mol. The van der Waals surface area contributed by atoms with Crippen LogP contribution in [-0.2, 0) is 4.74 Å². The van der Waals surface area contributed by atoms with Crippen LogP contribution in [0.3, 0.4) is 0 Å². The summed E-state index contributed by atoms with van der Waals surface area (Å²) in [4.78, 5) is 11.7. The second-order valence-corrected chi connectivity index (χ2v) is 5.37. The van der Waals surface area contributed by atoms with Crippen molar-refractivity contribution in [3.8, 4) is 0 Å². The van der Waals surface area contributed by atoms with Gasteiger partial charge in [-0.1, -0.05) is 35.9 Å². The van der Waals surface area contributed by atoms with Gasteiger partial charge < -0.3 is 4.74 Å². The molecule has 2 aromatic rings. The number of benzene rings is 1. The van der Waals surface area contributed by atoms with E-state index in [2.05, 4.69) is 15.5 Å². The molecule has 0 unspecified atom stereocenters. The molecule has 0 fully saturated rings. The number of hydrogen-bond acceptors (Lipinski definition) is 4. The SMILES string of the molecule is CC(C)(C)OC(=O)Nc1nnc(Cl)c2ccccc12. The van der Waals surface area contributed by atoms with E-state index in [9.17, 15) is 4.79 Å². The van der Waals surface area contributed by atoms with Crippen LogP contribution in [0.5, 0.6) is 0 Å². The van der Waals surface area contributed by atoms with Crippen molar-refractivity contribution >= 4 is 34.3 Å². The maximum absolute atomic E-state index is 11.7. The highest BCUT2D eigenvalue weighted by Crippen LogP contribution is 2.25. The third-order valence-corrected chi connectivity index (χ3v) is 2.54. The summed E-state index contributed by atoms with van der Waals surface area (Å²) in [5.74, 6) is 0.328. The minimum Gasteiger partial charge on any atom is -0.444 e. The van der Waals surface area contributed by atoms with Gasteiger partial charge in [-0.3, -0.25) is 5.32 Å². The second kappa shape index (κ2) is 5.01. The molecule has 0 aliphatic heterocycles. The highest BCUT2D eigenvalue weighted by molar-refractivity contribution is 6.34. The average molecular weight is 280 g/mol. The number of amides is 1. The lowest BCUT2D eigenvalue weighted by atomic mass is 10.2. The molecule has 0 bridgehead atoms. The van der Waals surface area contributed by atoms with Crippen molar-refractivity contribution in [1.82, 2.24) is 10.2 Å². The van der Waals surface area contributed by atoms with Crippen molar-refractivity contribution in [2.75, 3.05) is 5.32 Å². The summed E-state index contributed by atoms with van der Waals surface area (Å²) < 4.78 is 5.17. The number of fused-ring (bicyclic) bond motifs is 1. The van der Waals surface area contributed by atoms with E-state index >= 15 is 0 Å². The van der Waals surface area contributed by atoms with E-state index in [1.165, 1.54) is 0 Å². The largest absolute Gasteiger partial charge is 0.444 e. The van der Waals surface area contributed by atoms with E-state index in [0.717, 1.165) is 5.39 Å². The molecule has 0 aliphatic carbocycles. The van der Waals surface area contributed by atoms with Crippen LogP contribution in [0.2, 0.25) is 5.15 Å². The topological polar surface area (TPSA) is 64.1 Å². The number of carbonyl (C=O) groups excluding carboxylic acids is 1. The van der Waals surface area contributed by atoms with Crippen LogP contribution in [-0.4, -0.2) is 21.9 Å². The fraction of sp³-hybridized carbons (Fsp3) is 0.308. The number of ether oxygens (including phenoxy) is 1. The third kappa shape index (κ3) is 3.32. The van der Waals surface area contributed by atoms with Gasteiger partial charge in [0.1, 0.15) is 5.60 Å². The molecular formula is C13H14ClN3O2. The number of rotatable bonds is 1. The van der Waals surface area contributed by atoms with Crippen molar-refractivity contribution in [2.45, 2.75) is 26.4 Å². The van der Waals surface area contributed by atoms with Crippen molar-refractivity contribution < 1.29 is 9.53 Å². The standard InChI is InChI=1S/C13H14ClN3O2/c1-13(2,3)19-12(18)15-11-9-7-5-4-6-8(9)10(14)16-17-11/h4-7H,1-3H3,(H,15,17,18). The normalized spacial score (nSPS) is 11.4. The Morgan fingerprint density at radius 2 is 1.84 bits per heavy atom. The maximum atomic E-state index is 11.7. The van der Waals surface area contributed by atoms with Gasteiger partial charge in [-0.15, -0.1) is 10.2 Å². The molecule has 5 nitrogen and oxygen atoms in total. The Labute approximate surface area is 115 Å². The van der Waals surface area contributed by atoms with Crippen molar-refractivity contribution in [3.63, 3.8) is 0 Å². The number of anilines is 1. The Balaban J connectivity index is 2.31. The number of nitrogens with one attached hydrogen (secondary N) is 1. The lowest BCUT2D eigenvalue weighted by Crippen LogP contribution is -2.27. The fourth-order valence-corrected chi connectivity index (χ4v) is 1.77. The molecule has 0 saturated carbocycles. The summed E-state index contributed by atoms with van der Waals surface area (Å²) in [5, 5.41) is 12.0. The molecule has 2 rings (SSSR count). The smallest absolute Gasteiger partial charge is 0.413 e. The molecule has 0 aliphatic rings. The van der Waals surface area contributed by atoms with Crippen molar-refractivity contribution in [1.29, 1.82) is 0 Å². The minimum atomic E-state index is -0.575. The molecule has 0 saturated heterocycles. The summed E-state index contributed by atoms with van der Waals surface area (Å²) in [5.41, 5.74) is -0.570. The Morgan fingerprint density at radius 1 is 1.21 bits per heavy atom. The van der Waals surface area contributed by atoms with E-state index in [1.807, 2.05) is 24.3 Å². The van der Waals surface area contributed by atoms with Crippen LogP contribution in [0.1, 0.15) is 20.8 Å². The Hall–Kier alpha value is -1.88. The zero-order chi connectivity index (χ0) is 14.0. The Bertz CT molecular complexity index is 623. The van der Waals surface area contributed by atoms with Gasteiger partial charge in [0, 0.05) is 10.8 Å². The molecule has 0 atom stereocenters. The van der Waals surface area contributed by atoms with Gasteiger partial charge in [0.25, 0.3) is 0 Å². The number of halogens is 1. The molecular weight excluding hydrogens is 266 g/mol. The summed E-state index contributed by atoms with van der Waals surface area (Å²) in [7, 11) is 0. The lowest BCUT2D eigenvalue weighted by Gasteiger charge is -2.19. The lowest BCUT2D eigenvalue weighted by molar-refractivity contribution is 0.0635. The van der Waals surface area contributed by atoms with Gasteiger partial charge in [0.2, 0.25) is 0 Å². The van der Waals surface area contributed by atoms with Gasteiger partial charge >= 0.3 is 6.09 Å².